The van der Waals surface area contributed by atoms with E-state index in [0.29, 0.717) is 33.4 Å². The summed E-state index contributed by atoms with van der Waals surface area (Å²) in [5, 5.41) is 0.956. The molecule has 8 nitrogen and oxygen atoms in total. The fourth-order valence-corrected chi connectivity index (χ4v) is 5.93. The van der Waals surface area contributed by atoms with Gasteiger partial charge in [-0.15, -0.1) is 0 Å². The van der Waals surface area contributed by atoms with E-state index >= 15 is 0 Å². The van der Waals surface area contributed by atoms with Crippen molar-refractivity contribution in [1.82, 2.24) is 4.98 Å². The maximum absolute atomic E-state index is 14.0. The van der Waals surface area contributed by atoms with Gasteiger partial charge in [-0.25, -0.2) is 13.2 Å². The summed E-state index contributed by atoms with van der Waals surface area (Å²) in [6, 6.07) is 17.3. The van der Waals surface area contributed by atoms with E-state index in [4.69, 9.17) is 9.15 Å². The molecule has 2 heterocycles. The molecule has 0 radical (unpaired) electrons. The van der Waals surface area contributed by atoms with Crippen molar-refractivity contribution in [3.8, 4) is 5.75 Å². The molecule has 0 aliphatic carbocycles. The van der Waals surface area contributed by atoms with Crippen LogP contribution in [0, 0.1) is 0 Å². The fourth-order valence-electron chi connectivity index (χ4n) is 3.78. The highest BCUT2D eigenvalue weighted by molar-refractivity contribution is 7.93. The Balaban J connectivity index is 1.79. The Labute approximate surface area is 204 Å². The average molecular weight is 507 g/mol. The van der Waals surface area contributed by atoms with Gasteiger partial charge in [0.15, 0.2) is 5.58 Å². The van der Waals surface area contributed by atoms with Crippen LogP contribution in [-0.4, -0.2) is 25.9 Å². The number of nitrogens with zero attached hydrogens (tertiary/aromatic N) is 2. The summed E-state index contributed by atoms with van der Waals surface area (Å²) in [6.07, 6.45) is 2.80. The van der Waals surface area contributed by atoms with E-state index in [0.717, 1.165) is 15.6 Å². The number of hydrogen-bond donors (Lipinski definition) is 0. The molecule has 35 heavy (non-hydrogen) atoms. The first-order chi connectivity index (χ1) is 16.9. The molecule has 0 saturated carbocycles. The lowest BCUT2D eigenvalue weighted by Crippen LogP contribution is -2.37. The first-order valence-corrected chi connectivity index (χ1v) is 12.8. The van der Waals surface area contributed by atoms with E-state index in [1.54, 1.807) is 30.3 Å². The highest BCUT2D eigenvalue weighted by atomic mass is 32.2. The molecule has 0 N–H and O–H groups in total. The van der Waals surface area contributed by atoms with Crippen LogP contribution in [0.1, 0.15) is 17.3 Å². The Morgan fingerprint density at radius 3 is 2.49 bits per heavy atom. The van der Waals surface area contributed by atoms with Crippen LogP contribution < -0.4 is 14.0 Å². The Morgan fingerprint density at radius 2 is 1.80 bits per heavy atom. The molecular weight excluding hydrogens is 488 g/mol. The summed E-state index contributed by atoms with van der Waals surface area (Å²) in [7, 11) is -4.39. The van der Waals surface area contributed by atoms with E-state index in [2.05, 4.69) is 4.98 Å². The lowest BCUT2D eigenvalue weighted by atomic mass is 10.1. The SMILES string of the molecule is CCOc1ccc(S(=O)(=O)N(C(=O)c2cccnc2)c2cc3sc(=O)oc3c3ccccc23)cc1. The zero-order valence-electron chi connectivity index (χ0n) is 18.4. The summed E-state index contributed by atoms with van der Waals surface area (Å²) < 4.78 is 39.9. The van der Waals surface area contributed by atoms with Gasteiger partial charge in [0.05, 0.1) is 27.5 Å². The molecule has 0 saturated heterocycles. The van der Waals surface area contributed by atoms with Crippen LogP contribution in [0.5, 0.6) is 5.75 Å². The lowest BCUT2D eigenvalue weighted by molar-refractivity contribution is 0.100. The van der Waals surface area contributed by atoms with Gasteiger partial charge in [0.2, 0.25) is 0 Å². The molecule has 0 spiro atoms. The maximum Gasteiger partial charge on any atom is 0.396 e. The molecule has 0 aliphatic heterocycles. The molecular formula is C25H18N2O6S2. The van der Waals surface area contributed by atoms with Crippen LogP contribution in [-0.2, 0) is 10.0 Å². The number of ether oxygens (including phenoxy) is 1. The third kappa shape index (κ3) is 4.07. The number of sulfonamides is 1. The number of carbonyl (C=O) groups is 1. The first-order valence-electron chi connectivity index (χ1n) is 10.6. The van der Waals surface area contributed by atoms with Gasteiger partial charge in [-0.05, 0) is 49.4 Å². The second-order valence-electron chi connectivity index (χ2n) is 7.44. The molecule has 0 aliphatic rings. The lowest BCUT2D eigenvalue weighted by Gasteiger charge is -2.24. The van der Waals surface area contributed by atoms with Crippen LogP contribution in [0.25, 0.3) is 21.1 Å². The number of amides is 1. The Hall–Kier alpha value is -4.02. The van der Waals surface area contributed by atoms with E-state index in [1.165, 1.54) is 48.8 Å². The number of pyridine rings is 1. The van der Waals surface area contributed by atoms with Crippen LogP contribution in [0.15, 0.2) is 93.2 Å². The summed E-state index contributed by atoms with van der Waals surface area (Å²) in [6.45, 7) is 2.25. The number of hydrogen-bond acceptors (Lipinski definition) is 8. The molecule has 5 rings (SSSR count). The largest absolute Gasteiger partial charge is 0.494 e. The van der Waals surface area contributed by atoms with E-state index in [-0.39, 0.29) is 16.1 Å². The topological polar surface area (TPSA) is 107 Å². The number of rotatable bonds is 6. The zero-order chi connectivity index (χ0) is 24.6. The average Bonchev–Trinajstić information content (AvgIpc) is 3.25. The van der Waals surface area contributed by atoms with Gasteiger partial charge in [-0.2, -0.15) is 4.31 Å². The number of fused-ring (bicyclic) bond motifs is 3. The molecule has 0 bridgehead atoms. The summed E-state index contributed by atoms with van der Waals surface area (Å²) in [4.78, 5) is 29.1. The minimum Gasteiger partial charge on any atom is -0.494 e. The minimum atomic E-state index is -4.39. The molecule has 10 heteroatoms. The van der Waals surface area contributed by atoms with Crippen molar-refractivity contribution in [2.75, 3.05) is 10.9 Å². The summed E-state index contributed by atoms with van der Waals surface area (Å²) in [5.74, 6) is -0.279. The number of carbonyl (C=O) groups excluding carboxylic acids is 1. The maximum atomic E-state index is 14.0. The number of benzene rings is 3. The van der Waals surface area contributed by atoms with Crippen LogP contribution >= 0.6 is 11.3 Å². The normalized spacial score (nSPS) is 11.6. The van der Waals surface area contributed by atoms with Crippen molar-refractivity contribution in [2.24, 2.45) is 0 Å². The molecule has 3 aromatic carbocycles. The Morgan fingerprint density at radius 1 is 1.06 bits per heavy atom. The highest BCUT2D eigenvalue weighted by Crippen LogP contribution is 2.38. The van der Waals surface area contributed by atoms with E-state index in [1.807, 2.05) is 6.92 Å². The molecule has 176 valence electrons. The summed E-state index contributed by atoms with van der Waals surface area (Å²) in [5.41, 5.74) is 0.533. The van der Waals surface area contributed by atoms with Crippen LogP contribution in [0.3, 0.4) is 0 Å². The van der Waals surface area contributed by atoms with Crippen LogP contribution in [0.4, 0.5) is 5.69 Å². The molecule has 0 unspecified atom stereocenters. The van der Waals surface area contributed by atoms with Crippen molar-refractivity contribution in [3.63, 3.8) is 0 Å². The van der Waals surface area contributed by atoms with Gasteiger partial charge >= 0.3 is 4.94 Å². The quantitative estimate of drug-likeness (QED) is 0.324. The highest BCUT2D eigenvalue weighted by Gasteiger charge is 2.34. The van der Waals surface area contributed by atoms with E-state index < -0.39 is 20.9 Å². The predicted molar refractivity (Wildman–Crippen MR) is 134 cm³/mol. The molecule has 0 atom stereocenters. The Bertz CT molecular complexity index is 1710. The standard InChI is InChI=1S/C25H18N2O6S2/c1-2-32-17-9-11-18(12-10-17)35(30,31)27(24(28)16-6-5-13-26-15-16)21-14-22-23(33-25(29)34-22)20-8-4-3-7-19(20)21/h3-15H,2H2,1H3. The monoisotopic (exact) mass is 506 g/mol. The molecule has 2 aromatic heterocycles. The van der Waals surface area contributed by atoms with E-state index in [9.17, 15) is 18.0 Å². The van der Waals surface area contributed by atoms with Gasteiger partial charge in [0, 0.05) is 23.2 Å². The van der Waals surface area contributed by atoms with Crippen molar-refractivity contribution < 1.29 is 22.4 Å². The van der Waals surface area contributed by atoms with Crippen LogP contribution in [0.2, 0.25) is 0 Å². The zero-order valence-corrected chi connectivity index (χ0v) is 20.0. The third-order valence-electron chi connectivity index (χ3n) is 5.30. The van der Waals surface area contributed by atoms with Crippen molar-refractivity contribution in [3.05, 3.63) is 94.4 Å². The minimum absolute atomic E-state index is 0.0894. The van der Waals surface area contributed by atoms with Gasteiger partial charge in [0.25, 0.3) is 15.9 Å². The van der Waals surface area contributed by atoms with Crippen molar-refractivity contribution in [1.29, 1.82) is 0 Å². The van der Waals surface area contributed by atoms with Gasteiger partial charge in [0.1, 0.15) is 5.75 Å². The van der Waals surface area contributed by atoms with Crippen molar-refractivity contribution in [2.45, 2.75) is 11.8 Å². The summed E-state index contributed by atoms with van der Waals surface area (Å²) >= 11 is 0.836. The molecule has 0 fully saturated rings. The van der Waals surface area contributed by atoms with Gasteiger partial charge in [-0.3, -0.25) is 9.78 Å². The fraction of sp³-hybridized carbons (Fsp3) is 0.0800. The first kappa shape index (κ1) is 22.8. The van der Waals surface area contributed by atoms with Gasteiger partial charge in [-0.1, -0.05) is 35.6 Å². The second kappa shape index (κ2) is 8.97. The molecule has 5 aromatic rings. The predicted octanol–water partition coefficient (Wildman–Crippen LogP) is 4.84. The number of anilines is 1. The second-order valence-corrected chi connectivity index (χ2v) is 10.2. The number of aromatic nitrogens is 1. The Kier molecular flexibility index (Phi) is 5.83. The van der Waals surface area contributed by atoms with Gasteiger partial charge < -0.3 is 9.15 Å². The molecule has 1 amide bonds. The smallest absolute Gasteiger partial charge is 0.396 e. The van der Waals surface area contributed by atoms with Crippen molar-refractivity contribution >= 4 is 54.0 Å². The third-order valence-corrected chi connectivity index (χ3v) is 7.79.